The summed E-state index contributed by atoms with van der Waals surface area (Å²) in [6.45, 7) is 5.41. The van der Waals surface area contributed by atoms with Crippen molar-refractivity contribution < 1.29 is 5.11 Å². The average Bonchev–Trinajstić information content (AvgIpc) is 2.64. The van der Waals surface area contributed by atoms with Crippen molar-refractivity contribution in [3.8, 4) is 0 Å². The first-order chi connectivity index (χ1) is 8.69. The van der Waals surface area contributed by atoms with Crippen LogP contribution in [0.5, 0.6) is 0 Å². The Kier molecular flexibility index (Phi) is 4.27. The summed E-state index contributed by atoms with van der Waals surface area (Å²) in [5.74, 6) is 1.13. The fourth-order valence-electron chi connectivity index (χ4n) is 3.15. The van der Waals surface area contributed by atoms with E-state index in [4.69, 9.17) is 0 Å². The van der Waals surface area contributed by atoms with Crippen LogP contribution < -0.4 is 4.90 Å². The van der Waals surface area contributed by atoms with Crippen LogP contribution in [0.4, 0.5) is 5.82 Å². The van der Waals surface area contributed by atoms with Crippen LogP contribution >= 0.6 is 0 Å². The summed E-state index contributed by atoms with van der Waals surface area (Å²) in [4.78, 5) is 2.47. The molecule has 0 spiro atoms. The monoisotopic (exact) mass is 251 g/mol. The molecule has 0 amide bonds. The molecule has 0 bridgehead atoms. The van der Waals surface area contributed by atoms with E-state index in [2.05, 4.69) is 16.9 Å². The minimum atomic E-state index is 0.0877. The summed E-state index contributed by atoms with van der Waals surface area (Å²) in [7, 11) is 1.99. The van der Waals surface area contributed by atoms with E-state index in [1.165, 1.54) is 32.1 Å². The largest absolute Gasteiger partial charge is 0.391 e. The SMILES string of the molecule is CCCC1CCCCN1c1c(CO)c(C)nn1C. The predicted molar refractivity (Wildman–Crippen MR) is 73.8 cm³/mol. The molecule has 18 heavy (non-hydrogen) atoms. The Morgan fingerprint density at radius 1 is 1.39 bits per heavy atom. The second-order valence-electron chi connectivity index (χ2n) is 5.30. The van der Waals surface area contributed by atoms with Gasteiger partial charge < -0.3 is 10.0 Å². The number of aliphatic hydroxyl groups excluding tert-OH is 1. The minimum absolute atomic E-state index is 0.0877. The molecule has 1 fully saturated rings. The number of nitrogens with zero attached hydrogens (tertiary/aromatic N) is 3. The van der Waals surface area contributed by atoms with Crippen LogP contribution in [0.15, 0.2) is 0 Å². The Morgan fingerprint density at radius 2 is 2.17 bits per heavy atom. The van der Waals surface area contributed by atoms with Gasteiger partial charge in [0.2, 0.25) is 0 Å². The van der Waals surface area contributed by atoms with Gasteiger partial charge in [0, 0.05) is 25.2 Å². The highest BCUT2D eigenvalue weighted by atomic mass is 16.3. The summed E-state index contributed by atoms with van der Waals surface area (Å²) in [5.41, 5.74) is 1.95. The summed E-state index contributed by atoms with van der Waals surface area (Å²) >= 11 is 0. The molecule has 1 atom stereocenters. The van der Waals surface area contributed by atoms with E-state index >= 15 is 0 Å². The molecule has 1 saturated heterocycles. The van der Waals surface area contributed by atoms with Crippen LogP contribution in [0, 0.1) is 6.92 Å². The number of aryl methyl sites for hydroxylation is 2. The van der Waals surface area contributed by atoms with Gasteiger partial charge in [-0.2, -0.15) is 5.10 Å². The molecule has 4 heteroatoms. The summed E-state index contributed by atoms with van der Waals surface area (Å²) in [5, 5.41) is 14.0. The van der Waals surface area contributed by atoms with Gasteiger partial charge in [-0.1, -0.05) is 13.3 Å². The van der Waals surface area contributed by atoms with E-state index in [0.29, 0.717) is 6.04 Å². The highest BCUT2D eigenvalue weighted by Crippen LogP contribution is 2.31. The Hall–Kier alpha value is -1.03. The fraction of sp³-hybridized carbons (Fsp3) is 0.786. The van der Waals surface area contributed by atoms with E-state index in [1.54, 1.807) is 0 Å². The Labute approximate surface area is 110 Å². The summed E-state index contributed by atoms with van der Waals surface area (Å²) in [6, 6.07) is 0.615. The number of aromatic nitrogens is 2. The van der Waals surface area contributed by atoms with E-state index in [0.717, 1.165) is 23.6 Å². The van der Waals surface area contributed by atoms with Crippen molar-refractivity contribution in [3.05, 3.63) is 11.3 Å². The molecule has 1 aromatic rings. The van der Waals surface area contributed by atoms with Gasteiger partial charge in [0.05, 0.1) is 12.3 Å². The smallest absolute Gasteiger partial charge is 0.132 e. The molecule has 4 nitrogen and oxygen atoms in total. The number of piperidine rings is 1. The molecule has 2 rings (SSSR count). The number of hydrogen-bond donors (Lipinski definition) is 1. The Bertz CT molecular complexity index is 398. The third-order valence-corrected chi connectivity index (χ3v) is 3.99. The molecule has 2 heterocycles. The zero-order valence-electron chi connectivity index (χ0n) is 11.8. The average molecular weight is 251 g/mol. The molecule has 0 saturated carbocycles. The second kappa shape index (κ2) is 5.74. The maximum atomic E-state index is 9.58. The third-order valence-electron chi connectivity index (χ3n) is 3.99. The molecule has 1 N–H and O–H groups in total. The van der Waals surface area contributed by atoms with Crippen molar-refractivity contribution >= 4 is 5.82 Å². The normalized spacial score (nSPS) is 20.4. The molecular formula is C14H25N3O. The second-order valence-corrected chi connectivity index (χ2v) is 5.30. The van der Waals surface area contributed by atoms with E-state index < -0.39 is 0 Å². The lowest BCUT2D eigenvalue weighted by Crippen LogP contribution is -2.41. The van der Waals surface area contributed by atoms with Gasteiger partial charge in [-0.3, -0.25) is 4.68 Å². The highest BCUT2D eigenvalue weighted by Gasteiger charge is 2.27. The Morgan fingerprint density at radius 3 is 2.83 bits per heavy atom. The molecule has 1 aliphatic rings. The van der Waals surface area contributed by atoms with Crippen molar-refractivity contribution in [1.29, 1.82) is 0 Å². The number of rotatable bonds is 4. The molecule has 1 aliphatic heterocycles. The van der Waals surface area contributed by atoms with Crippen molar-refractivity contribution in [2.45, 2.75) is 58.6 Å². The topological polar surface area (TPSA) is 41.3 Å². The van der Waals surface area contributed by atoms with E-state index in [1.807, 2.05) is 18.7 Å². The van der Waals surface area contributed by atoms with Crippen molar-refractivity contribution in [2.24, 2.45) is 7.05 Å². The molecular weight excluding hydrogens is 226 g/mol. The van der Waals surface area contributed by atoms with Gasteiger partial charge in [-0.15, -0.1) is 0 Å². The number of anilines is 1. The van der Waals surface area contributed by atoms with Crippen molar-refractivity contribution in [1.82, 2.24) is 9.78 Å². The van der Waals surface area contributed by atoms with E-state index in [9.17, 15) is 5.11 Å². The summed E-state index contributed by atoms with van der Waals surface area (Å²) in [6.07, 6.45) is 6.28. The lowest BCUT2D eigenvalue weighted by Gasteiger charge is -2.37. The first kappa shape index (κ1) is 13.4. The van der Waals surface area contributed by atoms with Crippen molar-refractivity contribution in [3.63, 3.8) is 0 Å². The lowest BCUT2D eigenvalue weighted by atomic mass is 9.97. The molecule has 1 unspecified atom stereocenters. The fourth-order valence-corrected chi connectivity index (χ4v) is 3.15. The predicted octanol–water partition coefficient (Wildman–Crippen LogP) is 2.38. The van der Waals surface area contributed by atoms with Crippen LogP contribution in [0.2, 0.25) is 0 Å². The standard InChI is InChI=1S/C14H25N3O/c1-4-7-12-8-5-6-9-17(12)14-13(10-18)11(2)15-16(14)3/h12,18H,4-10H2,1-3H3. The van der Waals surface area contributed by atoms with Crippen LogP contribution in [-0.2, 0) is 13.7 Å². The molecule has 0 radical (unpaired) electrons. The Balaban J connectivity index is 2.32. The van der Waals surface area contributed by atoms with Crippen molar-refractivity contribution in [2.75, 3.05) is 11.4 Å². The van der Waals surface area contributed by atoms with Gasteiger partial charge >= 0.3 is 0 Å². The van der Waals surface area contributed by atoms with Crippen LogP contribution in [0.1, 0.15) is 50.3 Å². The van der Waals surface area contributed by atoms with E-state index in [-0.39, 0.29) is 6.61 Å². The minimum Gasteiger partial charge on any atom is -0.391 e. The third kappa shape index (κ3) is 2.39. The molecule has 0 aliphatic carbocycles. The quantitative estimate of drug-likeness (QED) is 0.893. The maximum absolute atomic E-state index is 9.58. The zero-order chi connectivity index (χ0) is 13.1. The molecule has 102 valence electrons. The highest BCUT2D eigenvalue weighted by molar-refractivity contribution is 5.51. The first-order valence-corrected chi connectivity index (χ1v) is 7.09. The van der Waals surface area contributed by atoms with Gasteiger partial charge in [0.25, 0.3) is 0 Å². The van der Waals surface area contributed by atoms with Gasteiger partial charge in [-0.25, -0.2) is 0 Å². The zero-order valence-corrected chi connectivity index (χ0v) is 11.8. The van der Waals surface area contributed by atoms with Crippen LogP contribution in [0.25, 0.3) is 0 Å². The van der Waals surface area contributed by atoms with Gasteiger partial charge in [0.1, 0.15) is 5.82 Å². The molecule has 0 aromatic carbocycles. The van der Waals surface area contributed by atoms with Gasteiger partial charge in [-0.05, 0) is 32.6 Å². The number of hydrogen-bond acceptors (Lipinski definition) is 3. The van der Waals surface area contributed by atoms with Crippen LogP contribution in [0.3, 0.4) is 0 Å². The first-order valence-electron chi connectivity index (χ1n) is 7.09. The summed E-state index contributed by atoms with van der Waals surface area (Å²) < 4.78 is 1.94. The number of aliphatic hydroxyl groups is 1. The molecule has 1 aromatic heterocycles. The maximum Gasteiger partial charge on any atom is 0.132 e. The van der Waals surface area contributed by atoms with Crippen LogP contribution in [-0.4, -0.2) is 27.5 Å². The van der Waals surface area contributed by atoms with Gasteiger partial charge in [0.15, 0.2) is 0 Å². The lowest BCUT2D eigenvalue weighted by molar-refractivity contribution is 0.280.